The fourth-order valence-corrected chi connectivity index (χ4v) is 1.20. The number of furan rings is 1. The number of carbonyl (C=O) groups excluding carboxylic acids is 1. The molecule has 5 heteroatoms. The van der Waals surface area contributed by atoms with Crippen molar-refractivity contribution in [3.63, 3.8) is 0 Å². The molecular formula is C17H24O5. The molecule has 1 aromatic heterocycles. The Morgan fingerprint density at radius 1 is 1.41 bits per heavy atom. The molecule has 0 radical (unpaired) electrons. The molecule has 5 nitrogen and oxygen atoms in total. The summed E-state index contributed by atoms with van der Waals surface area (Å²) in [6, 6.07) is 3.59. The third-order valence-electron chi connectivity index (χ3n) is 2.61. The van der Waals surface area contributed by atoms with E-state index in [1.807, 2.05) is 6.07 Å². The van der Waals surface area contributed by atoms with E-state index in [4.69, 9.17) is 14.3 Å². The molecule has 0 aromatic carbocycles. The van der Waals surface area contributed by atoms with E-state index in [1.165, 1.54) is 0 Å². The minimum absolute atomic E-state index is 0.284. The van der Waals surface area contributed by atoms with Crippen LogP contribution in [-0.4, -0.2) is 23.7 Å². The number of carboxylic acids is 1. The summed E-state index contributed by atoms with van der Waals surface area (Å²) in [5.74, 6) is -0.398. The maximum atomic E-state index is 10.7. The van der Waals surface area contributed by atoms with Gasteiger partial charge in [-0.2, -0.15) is 0 Å². The first-order chi connectivity index (χ1) is 10.4. The fourth-order valence-electron chi connectivity index (χ4n) is 1.20. The van der Waals surface area contributed by atoms with E-state index in [2.05, 4.69) is 13.5 Å². The van der Waals surface area contributed by atoms with Crippen molar-refractivity contribution in [1.29, 1.82) is 0 Å². The SMILES string of the molecule is C=C(C)C(=O)OCCCC.CC(=CCc1ccco1)C(=O)O. The highest BCUT2D eigenvalue weighted by atomic mass is 16.5. The van der Waals surface area contributed by atoms with Crippen LogP contribution in [-0.2, 0) is 20.7 Å². The summed E-state index contributed by atoms with van der Waals surface area (Å²) in [5, 5.41) is 8.51. The fraction of sp³-hybridized carbons (Fsp3) is 0.412. The summed E-state index contributed by atoms with van der Waals surface area (Å²) in [4.78, 5) is 21.1. The number of carbonyl (C=O) groups is 2. The first-order valence-electron chi connectivity index (χ1n) is 7.13. The van der Waals surface area contributed by atoms with Gasteiger partial charge in [0.1, 0.15) is 5.76 Å². The first kappa shape index (κ1) is 19.7. The zero-order valence-electron chi connectivity index (χ0n) is 13.4. The Bertz CT molecular complexity index is 497. The van der Waals surface area contributed by atoms with Crippen LogP contribution in [0.2, 0.25) is 0 Å². The summed E-state index contributed by atoms with van der Waals surface area (Å²) >= 11 is 0. The van der Waals surface area contributed by atoms with Gasteiger partial charge in [0.25, 0.3) is 0 Å². The minimum Gasteiger partial charge on any atom is -0.478 e. The monoisotopic (exact) mass is 308 g/mol. The molecule has 0 bridgehead atoms. The summed E-state index contributed by atoms with van der Waals surface area (Å²) in [5.41, 5.74) is 0.808. The number of hydrogen-bond acceptors (Lipinski definition) is 4. The largest absolute Gasteiger partial charge is 0.478 e. The molecule has 1 N–H and O–H groups in total. The van der Waals surface area contributed by atoms with E-state index in [0.29, 0.717) is 24.2 Å². The van der Waals surface area contributed by atoms with Gasteiger partial charge >= 0.3 is 11.9 Å². The molecule has 0 fully saturated rings. The van der Waals surface area contributed by atoms with Crippen molar-refractivity contribution in [2.75, 3.05) is 6.61 Å². The van der Waals surface area contributed by atoms with Crippen molar-refractivity contribution in [1.82, 2.24) is 0 Å². The van der Waals surface area contributed by atoms with Gasteiger partial charge in [0, 0.05) is 17.6 Å². The standard InChI is InChI=1S/C9H10O3.C8H14O2/c1-7(9(10)11)4-5-8-3-2-6-12-8;1-4-5-6-10-8(9)7(2)3/h2-4,6H,5H2,1H3,(H,10,11);2,4-6H2,1,3H3. The van der Waals surface area contributed by atoms with Crippen LogP contribution >= 0.6 is 0 Å². The van der Waals surface area contributed by atoms with Crippen molar-refractivity contribution < 1.29 is 23.8 Å². The number of allylic oxidation sites excluding steroid dienone is 1. The third kappa shape index (κ3) is 9.58. The van der Waals surface area contributed by atoms with Gasteiger partial charge in [0.15, 0.2) is 0 Å². The van der Waals surface area contributed by atoms with Crippen LogP contribution < -0.4 is 0 Å². The highest BCUT2D eigenvalue weighted by molar-refractivity contribution is 5.87. The Balaban J connectivity index is 0.000000409. The lowest BCUT2D eigenvalue weighted by Gasteiger charge is -2.01. The molecule has 0 saturated carbocycles. The smallest absolute Gasteiger partial charge is 0.333 e. The molecule has 0 aliphatic carbocycles. The Labute approximate surface area is 131 Å². The van der Waals surface area contributed by atoms with Crippen LogP contribution in [0.4, 0.5) is 0 Å². The highest BCUT2D eigenvalue weighted by Gasteiger charge is 2.00. The normalized spacial score (nSPS) is 10.4. The molecule has 0 unspecified atom stereocenters. The molecule has 1 rings (SSSR count). The average Bonchev–Trinajstić information content (AvgIpc) is 2.98. The number of aliphatic carboxylic acids is 1. The van der Waals surface area contributed by atoms with Gasteiger partial charge in [-0.3, -0.25) is 0 Å². The van der Waals surface area contributed by atoms with E-state index in [9.17, 15) is 9.59 Å². The van der Waals surface area contributed by atoms with Crippen LogP contribution in [0.25, 0.3) is 0 Å². The second kappa shape index (κ2) is 11.4. The van der Waals surface area contributed by atoms with Gasteiger partial charge in [0.2, 0.25) is 0 Å². The van der Waals surface area contributed by atoms with E-state index < -0.39 is 5.97 Å². The minimum atomic E-state index is -0.887. The number of esters is 1. The van der Waals surface area contributed by atoms with Gasteiger partial charge < -0.3 is 14.3 Å². The molecule has 0 saturated heterocycles. The van der Waals surface area contributed by atoms with Gasteiger partial charge in [-0.1, -0.05) is 26.0 Å². The average molecular weight is 308 g/mol. The van der Waals surface area contributed by atoms with Crippen LogP contribution in [0.15, 0.2) is 46.6 Å². The van der Waals surface area contributed by atoms with E-state index in [-0.39, 0.29) is 5.97 Å². The van der Waals surface area contributed by atoms with Gasteiger partial charge in [-0.05, 0) is 32.4 Å². The van der Waals surface area contributed by atoms with Crippen molar-refractivity contribution in [2.24, 2.45) is 0 Å². The van der Waals surface area contributed by atoms with E-state index in [1.54, 1.807) is 32.3 Å². The molecule has 122 valence electrons. The Kier molecular flexibility index (Phi) is 10.2. The number of rotatable bonds is 7. The van der Waals surface area contributed by atoms with Crippen LogP contribution in [0.1, 0.15) is 39.4 Å². The molecule has 0 aliphatic rings. The molecule has 0 amide bonds. The zero-order valence-corrected chi connectivity index (χ0v) is 13.4. The van der Waals surface area contributed by atoms with Crippen LogP contribution in [0.5, 0.6) is 0 Å². The molecule has 0 aliphatic heterocycles. The van der Waals surface area contributed by atoms with Gasteiger partial charge in [-0.15, -0.1) is 0 Å². The number of carboxylic acid groups (broad SMARTS) is 1. The summed E-state index contributed by atoms with van der Waals surface area (Å²) in [7, 11) is 0. The zero-order chi connectivity index (χ0) is 17.0. The Hall–Kier alpha value is -2.30. The summed E-state index contributed by atoms with van der Waals surface area (Å²) < 4.78 is 9.83. The predicted molar refractivity (Wildman–Crippen MR) is 84.5 cm³/mol. The molecule has 1 heterocycles. The third-order valence-corrected chi connectivity index (χ3v) is 2.61. The summed E-state index contributed by atoms with van der Waals surface area (Å²) in [6.45, 7) is 9.23. The number of hydrogen-bond donors (Lipinski definition) is 1. The van der Waals surface area contributed by atoms with Crippen molar-refractivity contribution in [2.45, 2.75) is 40.0 Å². The lowest BCUT2D eigenvalue weighted by molar-refractivity contribution is -0.139. The number of unbranched alkanes of at least 4 members (excludes halogenated alkanes) is 1. The molecule has 0 spiro atoms. The maximum absolute atomic E-state index is 10.7. The Morgan fingerprint density at radius 3 is 2.55 bits per heavy atom. The van der Waals surface area contributed by atoms with Crippen LogP contribution in [0.3, 0.4) is 0 Å². The predicted octanol–water partition coefficient (Wildman–Crippen LogP) is 3.76. The van der Waals surface area contributed by atoms with Gasteiger partial charge in [0.05, 0.1) is 12.9 Å². The van der Waals surface area contributed by atoms with Crippen molar-refractivity contribution in [3.05, 3.63) is 48.0 Å². The van der Waals surface area contributed by atoms with Crippen molar-refractivity contribution >= 4 is 11.9 Å². The Morgan fingerprint density at radius 2 is 2.09 bits per heavy atom. The second-order valence-corrected chi connectivity index (χ2v) is 4.75. The molecule has 0 atom stereocenters. The van der Waals surface area contributed by atoms with Crippen LogP contribution in [0, 0.1) is 0 Å². The highest BCUT2D eigenvalue weighted by Crippen LogP contribution is 2.03. The molecular weight excluding hydrogens is 284 g/mol. The lowest BCUT2D eigenvalue weighted by Crippen LogP contribution is -2.05. The number of ether oxygens (including phenoxy) is 1. The topological polar surface area (TPSA) is 76.7 Å². The molecule has 22 heavy (non-hydrogen) atoms. The lowest BCUT2D eigenvalue weighted by atomic mass is 10.2. The maximum Gasteiger partial charge on any atom is 0.333 e. The molecule has 1 aromatic rings. The van der Waals surface area contributed by atoms with Gasteiger partial charge in [-0.25, -0.2) is 9.59 Å². The van der Waals surface area contributed by atoms with E-state index >= 15 is 0 Å². The first-order valence-corrected chi connectivity index (χ1v) is 7.13. The summed E-state index contributed by atoms with van der Waals surface area (Å²) in [6.07, 6.45) is 5.70. The van der Waals surface area contributed by atoms with E-state index in [0.717, 1.165) is 18.6 Å². The van der Waals surface area contributed by atoms with Crippen molar-refractivity contribution in [3.8, 4) is 0 Å². The second-order valence-electron chi connectivity index (χ2n) is 4.75. The quantitative estimate of drug-likeness (QED) is 0.471.